The van der Waals surface area contributed by atoms with E-state index in [1.165, 1.54) is 0 Å². The molecule has 0 unspecified atom stereocenters. The molecule has 3 atom stereocenters. The molecule has 0 fully saturated rings. The van der Waals surface area contributed by atoms with Gasteiger partial charge in [0.2, 0.25) is 5.95 Å². The summed E-state index contributed by atoms with van der Waals surface area (Å²) in [7, 11) is 2.68. The van der Waals surface area contributed by atoms with E-state index in [1.54, 1.807) is 80.0 Å². The highest BCUT2D eigenvalue weighted by molar-refractivity contribution is 7.86. The van der Waals surface area contributed by atoms with E-state index in [9.17, 15) is 8.42 Å². The Kier molecular flexibility index (Phi) is 12.9. The van der Waals surface area contributed by atoms with Crippen LogP contribution >= 0.6 is 0 Å². The van der Waals surface area contributed by atoms with Crippen molar-refractivity contribution in [2.75, 3.05) is 46.1 Å². The Morgan fingerprint density at radius 1 is 0.607 bits per heavy atom. The molecule has 0 amide bonds. The Morgan fingerprint density at radius 2 is 1.02 bits per heavy atom. The van der Waals surface area contributed by atoms with E-state index in [1.807, 2.05) is 105 Å². The number of anilines is 1. The minimum absolute atomic E-state index is 0.286. The molecule has 290 valence electrons. The monoisotopic (exact) mass is 775 g/mol. The standard InChI is InChI=1S/C44H45N3O8S/c1-47(2)43-45-29-32(30-46-43)41(53-38-25-21-36(50-3)22-26-38)42(54-39-27-23-37(51-4)24-28-39)40(55-56(5,48)49)31-52-44(33-15-9-6-10-16-33,34-17-11-7-12-18-34)35-19-13-8-14-20-35/h6-30,40-42H,31H2,1-5H3/t40-,41-,42+/m1/s1. The zero-order valence-corrected chi connectivity index (χ0v) is 32.7. The van der Waals surface area contributed by atoms with Gasteiger partial charge in [0.15, 0.2) is 12.2 Å². The lowest BCUT2D eigenvalue weighted by Gasteiger charge is -2.39. The average molecular weight is 776 g/mol. The zero-order chi connectivity index (χ0) is 39.5. The molecule has 1 heterocycles. The molecule has 0 spiro atoms. The number of nitrogens with zero attached hydrogens (tertiary/aromatic N) is 3. The summed E-state index contributed by atoms with van der Waals surface area (Å²) < 4.78 is 64.0. The van der Waals surface area contributed by atoms with Gasteiger partial charge in [0.25, 0.3) is 10.1 Å². The van der Waals surface area contributed by atoms with Crippen molar-refractivity contribution in [1.82, 2.24) is 9.97 Å². The number of ether oxygens (including phenoxy) is 5. The van der Waals surface area contributed by atoms with Crippen LogP contribution in [-0.4, -0.2) is 71.8 Å². The lowest BCUT2D eigenvalue weighted by Crippen LogP contribution is -2.47. The van der Waals surface area contributed by atoms with Crippen LogP contribution < -0.4 is 23.8 Å². The lowest BCUT2D eigenvalue weighted by molar-refractivity contribution is -0.0857. The van der Waals surface area contributed by atoms with Gasteiger partial charge in [-0.05, 0) is 65.2 Å². The summed E-state index contributed by atoms with van der Waals surface area (Å²) in [6.45, 7) is -0.286. The minimum atomic E-state index is -4.14. The fraction of sp³-hybridized carbons (Fsp3) is 0.227. The fourth-order valence-electron chi connectivity index (χ4n) is 6.36. The van der Waals surface area contributed by atoms with Gasteiger partial charge >= 0.3 is 0 Å². The lowest BCUT2D eigenvalue weighted by atomic mass is 9.80. The molecule has 0 aliphatic heterocycles. The molecule has 56 heavy (non-hydrogen) atoms. The van der Waals surface area contributed by atoms with Crippen molar-refractivity contribution < 1.29 is 36.3 Å². The van der Waals surface area contributed by atoms with Crippen LogP contribution in [0.15, 0.2) is 152 Å². The van der Waals surface area contributed by atoms with Crippen LogP contribution in [0.3, 0.4) is 0 Å². The smallest absolute Gasteiger partial charge is 0.264 e. The molecular formula is C44H45N3O8S. The predicted octanol–water partition coefficient (Wildman–Crippen LogP) is 7.48. The van der Waals surface area contributed by atoms with Crippen LogP contribution in [-0.2, 0) is 24.6 Å². The number of methoxy groups -OCH3 is 2. The Balaban J connectivity index is 1.53. The van der Waals surface area contributed by atoms with Crippen LogP contribution in [0.25, 0.3) is 0 Å². The first kappa shape index (κ1) is 39.7. The summed E-state index contributed by atoms with van der Waals surface area (Å²) in [5, 5.41) is 0. The molecule has 0 radical (unpaired) electrons. The Hall–Kier alpha value is -5.95. The summed E-state index contributed by atoms with van der Waals surface area (Å²) in [5.74, 6) is 2.55. The number of aromatic nitrogens is 2. The van der Waals surface area contributed by atoms with Crippen LogP contribution in [0.5, 0.6) is 23.0 Å². The van der Waals surface area contributed by atoms with Gasteiger partial charge in [-0.2, -0.15) is 8.42 Å². The van der Waals surface area contributed by atoms with Gasteiger partial charge in [0, 0.05) is 32.1 Å². The molecule has 0 saturated carbocycles. The third-order valence-electron chi connectivity index (χ3n) is 9.01. The van der Waals surface area contributed by atoms with Gasteiger partial charge in [-0.25, -0.2) is 9.97 Å². The minimum Gasteiger partial charge on any atom is -0.497 e. The summed E-state index contributed by atoms with van der Waals surface area (Å²) in [6, 6.07) is 43.3. The second-order valence-electron chi connectivity index (χ2n) is 13.1. The average Bonchev–Trinajstić information content (AvgIpc) is 3.23. The van der Waals surface area contributed by atoms with E-state index in [-0.39, 0.29) is 6.61 Å². The summed E-state index contributed by atoms with van der Waals surface area (Å²) in [6.07, 6.45) is 0.714. The molecule has 5 aromatic carbocycles. The first-order chi connectivity index (χ1) is 27.1. The first-order valence-electron chi connectivity index (χ1n) is 17.9. The van der Waals surface area contributed by atoms with Crippen molar-refractivity contribution in [1.29, 1.82) is 0 Å². The third kappa shape index (κ3) is 9.64. The van der Waals surface area contributed by atoms with Crippen LogP contribution in [0, 0.1) is 0 Å². The first-order valence-corrected chi connectivity index (χ1v) is 19.7. The molecule has 0 saturated heterocycles. The second kappa shape index (κ2) is 18.1. The maximum Gasteiger partial charge on any atom is 0.264 e. The highest BCUT2D eigenvalue weighted by atomic mass is 32.2. The van der Waals surface area contributed by atoms with Gasteiger partial charge in [-0.1, -0.05) is 91.0 Å². The molecule has 0 aliphatic rings. The highest BCUT2D eigenvalue weighted by Crippen LogP contribution is 2.42. The molecule has 11 nitrogen and oxygen atoms in total. The molecule has 6 aromatic rings. The Labute approximate surface area is 328 Å². The quantitative estimate of drug-likeness (QED) is 0.0639. The zero-order valence-electron chi connectivity index (χ0n) is 31.9. The Morgan fingerprint density at radius 3 is 1.41 bits per heavy atom. The summed E-state index contributed by atoms with van der Waals surface area (Å²) >= 11 is 0. The summed E-state index contributed by atoms with van der Waals surface area (Å²) in [4.78, 5) is 10.9. The molecule has 0 aliphatic carbocycles. The molecule has 0 bridgehead atoms. The number of hydrogen-bond acceptors (Lipinski definition) is 11. The highest BCUT2D eigenvalue weighted by Gasteiger charge is 2.43. The van der Waals surface area contributed by atoms with Gasteiger partial charge in [-0.15, -0.1) is 0 Å². The van der Waals surface area contributed by atoms with Crippen LogP contribution in [0.4, 0.5) is 5.95 Å². The molecule has 12 heteroatoms. The SMILES string of the molecule is COc1ccc(O[C@H]([C@H](Oc2ccc(OC)cc2)c2cnc(N(C)C)nc2)[C@@H](COC(c2ccccc2)(c2ccccc2)c2ccccc2)OS(C)(=O)=O)cc1. The van der Waals surface area contributed by atoms with E-state index < -0.39 is 34.0 Å². The molecule has 1 aromatic heterocycles. The molecular weight excluding hydrogens is 731 g/mol. The summed E-state index contributed by atoms with van der Waals surface area (Å²) in [5.41, 5.74) is 1.74. The second-order valence-corrected chi connectivity index (χ2v) is 14.7. The van der Waals surface area contributed by atoms with E-state index in [0.29, 0.717) is 34.5 Å². The van der Waals surface area contributed by atoms with Gasteiger partial charge in [0.05, 0.1) is 27.1 Å². The van der Waals surface area contributed by atoms with E-state index in [0.717, 1.165) is 22.9 Å². The Bertz CT molecular complexity index is 2110. The number of benzene rings is 5. The topological polar surface area (TPSA) is 119 Å². The van der Waals surface area contributed by atoms with Gasteiger partial charge < -0.3 is 28.6 Å². The normalized spacial score (nSPS) is 13.2. The maximum absolute atomic E-state index is 13.3. The maximum atomic E-state index is 13.3. The predicted molar refractivity (Wildman–Crippen MR) is 215 cm³/mol. The van der Waals surface area contributed by atoms with Crippen molar-refractivity contribution in [3.05, 3.63) is 174 Å². The molecule has 0 N–H and O–H groups in total. The largest absolute Gasteiger partial charge is 0.497 e. The van der Waals surface area contributed by atoms with E-state index in [4.69, 9.17) is 27.9 Å². The fourth-order valence-corrected chi connectivity index (χ4v) is 6.97. The third-order valence-corrected chi connectivity index (χ3v) is 9.61. The molecule has 6 rings (SSSR count). The number of rotatable bonds is 18. The van der Waals surface area contributed by atoms with Crippen molar-refractivity contribution in [2.45, 2.75) is 23.9 Å². The van der Waals surface area contributed by atoms with Gasteiger partial charge in [0.1, 0.15) is 34.7 Å². The van der Waals surface area contributed by atoms with Gasteiger partial charge in [-0.3, -0.25) is 4.18 Å². The van der Waals surface area contributed by atoms with Crippen molar-refractivity contribution in [2.24, 2.45) is 0 Å². The van der Waals surface area contributed by atoms with Crippen molar-refractivity contribution in [3.8, 4) is 23.0 Å². The van der Waals surface area contributed by atoms with Crippen LogP contribution in [0.1, 0.15) is 28.4 Å². The van der Waals surface area contributed by atoms with E-state index in [2.05, 4.69) is 9.97 Å². The van der Waals surface area contributed by atoms with E-state index >= 15 is 0 Å². The van der Waals surface area contributed by atoms with Crippen LogP contribution in [0.2, 0.25) is 0 Å². The van der Waals surface area contributed by atoms with Crippen molar-refractivity contribution >= 4 is 16.1 Å². The number of hydrogen-bond donors (Lipinski definition) is 0. The van der Waals surface area contributed by atoms with Crippen molar-refractivity contribution in [3.63, 3.8) is 0 Å².